The van der Waals surface area contributed by atoms with Crippen LogP contribution in [0.25, 0.3) is 10.8 Å². The molecule has 0 saturated heterocycles. The molecule has 2 rings (SSSR count). The molecule has 1 aromatic heterocycles. The second kappa shape index (κ2) is 4.28. The van der Waals surface area contributed by atoms with Crippen LogP contribution in [0.4, 0.5) is 0 Å². The maximum absolute atomic E-state index is 10.2. The van der Waals surface area contributed by atoms with E-state index in [4.69, 9.17) is 11.6 Å². The Morgan fingerprint density at radius 1 is 1.40 bits per heavy atom. The van der Waals surface area contributed by atoms with Gasteiger partial charge in [0.15, 0.2) is 0 Å². The van der Waals surface area contributed by atoms with Crippen LogP contribution in [0.5, 0.6) is 0 Å². The zero-order valence-corrected chi connectivity index (χ0v) is 8.66. The first kappa shape index (κ1) is 9.93. The molecule has 1 aromatic carbocycles. The smallest absolute Gasteiger partial charge is 0.207 e. The van der Waals surface area contributed by atoms with Gasteiger partial charge in [-0.25, -0.2) is 4.98 Å². The quantitative estimate of drug-likeness (QED) is 0.636. The standard InChI is InChI=1S/C11H9ClN2O/c12-11-5-8-3-1-2-4-9(8)10(14-11)6-13-7-15/h1-5,7H,6H2,(H,13,15). The zero-order chi connectivity index (χ0) is 10.7. The Bertz CT molecular complexity index is 499. The molecular formula is C11H9ClN2O. The minimum Gasteiger partial charge on any atom is -0.353 e. The average molecular weight is 221 g/mol. The van der Waals surface area contributed by atoms with Crippen molar-refractivity contribution in [2.45, 2.75) is 6.54 Å². The van der Waals surface area contributed by atoms with Crippen LogP contribution in [0.3, 0.4) is 0 Å². The minimum atomic E-state index is 0.393. The van der Waals surface area contributed by atoms with Gasteiger partial charge in [-0.05, 0) is 11.5 Å². The van der Waals surface area contributed by atoms with Crippen LogP contribution in [-0.2, 0) is 11.3 Å². The summed E-state index contributed by atoms with van der Waals surface area (Å²) in [5.74, 6) is 0. The van der Waals surface area contributed by atoms with Crippen molar-refractivity contribution in [3.8, 4) is 0 Å². The first-order valence-corrected chi connectivity index (χ1v) is 4.90. The normalized spacial score (nSPS) is 10.2. The maximum atomic E-state index is 10.2. The molecule has 0 radical (unpaired) electrons. The van der Waals surface area contributed by atoms with Gasteiger partial charge in [-0.15, -0.1) is 0 Å². The van der Waals surface area contributed by atoms with E-state index in [2.05, 4.69) is 10.3 Å². The van der Waals surface area contributed by atoms with Gasteiger partial charge in [0.25, 0.3) is 0 Å². The summed E-state index contributed by atoms with van der Waals surface area (Å²) in [6, 6.07) is 9.60. The number of carbonyl (C=O) groups excluding carboxylic acids is 1. The number of nitrogens with one attached hydrogen (secondary N) is 1. The Balaban J connectivity index is 2.55. The number of fused-ring (bicyclic) bond motifs is 1. The van der Waals surface area contributed by atoms with E-state index in [-0.39, 0.29) is 0 Å². The van der Waals surface area contributed by atoms with Crippen LogP contribution in [0.15, 0.2) is 30.3 Å². The Morgan fingerprint density at radius 2 is 2.20 bits per heavy atom. The van der Waals surface area contributed by atoms with Crippen molar-refractivity contribution in [1.29, 1.82) is 0 Å². The number of aromatic nitrogens is 1. The van der Waals surface area contributed by atoms with Gasteiger partial charge in [0.05, 0.1) is 12.2 Å². The second-order valence-electron chi connectivity index (χ2n) is 3.11. The Labute approximate surface area is 92.1 Å². The molecule has 1 amide bonds. The molecule has 0 atom stereocenters. The van der Waals surface area contributed by atoms with Crippen LogP contribution in [0.1, 0.15) is 5.69 Å². The summed E-state index contributed by atoms with van der Waals surface area (Å²) in [6.45, 7) is 0.393. The first-order valence-electron chi connectivity index (χ1n) is 4.52. The van der Waals surface area contributed by atoms with E-state index in [0.29, 0.717) is 18.1 Å². The highest BCUT2D eigenvalue weighted by molar-refractivity contribution is 6.30. The zero-order valence-electron chi connectivity index (χ0n) is 7.90. The third kappa shape index (κ3) is 2.07. The van der Waals surface area contributed by atoms with Crippen molar-refractivity contribution in [3.63, 3.8) is 0 Å². The monoisotopic (exact) mass is 220 g/mol. The topological polar surface area (TPSA) is 42.0 Å². The summed E-state index contributed by atoms with van der Waals surface area (Å²) in [6.07, 6.45) is 0.650. The summed E-state index contributed by atoms with van der Waals surface area (Å²) in [7, 11) is 0. The number of rotatable bonds is 3. The van der Waals surface area contributed by atoms with Crippen molar-refractivity contribution < 1.29 is 4.79 Å². The van der Waals surface area contributed by atoms with Gasteiger partial charge in [-0.1, -0.05) is 35.9 Å². The number of hydrogen-bond donors (Lipinski definition) is 1. The van der Waals surface area contributed by atoms with E-state index in [0.717, 1.165) is 16.5 Å². The number of nitrogens with zero attached hydrogens (tertiary/aromatic N) is 1. The van der Waals surface area contributed by atoms with Crippen LogP contribution in [0.2, 0.25) is 5.15 Å². The summed E-state index contributed by atoms with van der Waals surface area (Å²) < 4.78 is 0. The van der Waals surface area contributed by atoms with Crippen molar-refractivity contribution >= 4 is 28.8 Å². The summed E-state index contributed by atoms with van der Waals surface area (Å²) in [4.78, 5) is 14.4. The van der Waals surface area contributed by atoms with E-state index in [1.54, 1.807) is 6.07 Å². The number of pyridine rings is 1. The lowest BCUT2D eigenvalue weighted by Gasteiger charge is -2.05. The Morgan fingerprint density at radius 3 is 3.00 bits per heavy atom. The fraction of sp³-hybridized carbons (Fsp3) is 0.0909. The summed E-state index contributed by atoms with van der Waals surface area (Å²) in [5, 5.41) is 5.06. The Hall–Kier alpha value is -1.61. The first-order chi connectivity index (χ1) is 7.31. The van der Waals surface area contributed by atoms with Gasteiger partial charge in [0, 0.05) is 5.39 Å². The van der Waals surface area contributed by atoms with Crippen LogP contribution >= 0.6 is 11.6 Å². The van der Waals surface area contributed by atoms with Crippen molar-refractivity contribution in [1.82, 2.24) is 10.3 Å². The molecule has 0 aliphatic carbocycles. The molecule has 0 fully saturated rings. The highest BCUT2D eigenvalue weighted by Gasteiger charge is 2.03. The Kier molecular flexibility index (Phi) is 2.83. The number of amides is 1. The van der Waals surface area contributed by atoms with E-state index >= 15 is 0 Å². The van der Waals surface area contributed by atoms with Gasteiger partial charge < -0.3 is 5.32 Å². The molecule has 0 bridgehead atoms. The maximum Gasteiger partial charge on any atom is 0.207 e. The van der Waals surface area contributed by atoms with Gasteiger partial charge in [-0.3, -0.25) is 4.79 Å². The van der Waals surface area contributed by atoms with Crippen molar-refractivity contribution in [3.05, 3.63) is 41.2 Å². The van der Waals surface area contributed by atoms with Gasteiger partial charge in [-0.2, -0.15) is 0 Å². The molecule has 0 aliphatic heterocycles. The third-order valence-corrected chi connectivity index (χ3v) is 2.33. The molecule has 76 valence electrons. The summed E-state index contributed by atoms with van der Waals surface area (Å²) >= 11 is 5.88. The van der Waals surface area contributed by atoms with Crippen LogP contribution < -0.4 is 5.32 Å². The lowest BCUT2D eigenvalue weighted by molar-refractivity contribution is -0.109. The number of benzene rings is 1. The lowest BCUT2D eigenvalue weighted by Crippen LogP contribution is -2.11. The van der Waals surface area contributed by atoms with Crippen molar-refractivity contribution in [2.24, 2.45) is 0 Å². The molecule has 15 heavy (non-hydrogen) atoms. The molecule has 2 aromatic rings. The number of halogens is 1. The lowest BCUT2D eigenvalue weighted by atomic mass is 10.1. The molecule has 1 N–H and O–H groups in total. The number of carbonyl (C=O) groups is 1. The summed E-state index contributed by atoms with van der Waals surface area (Å²) in [5.41, 5.74) is 0.783. The van der Waals surface area contributed by atoms with Gasteiger partial charge >= 0.3 is 0 Å². The molecular weight excluding hydrogens is 212 g/mol. The fourth-order valence-electron chi connectivity index (χ4n) is 1.51. The predicted octanol–water partition coefficient (Wildman–Crippen LogP) is 2.13. The van der Waals surface area contributed by atoms with E-state index in [9.17, 15) is 4.79 Å². The molecule has 0 aliphatic rings. The second-order valence-corrected chi connectivity index (χ2v) is 3.50. The molecule has 0 saturated carbocycles. The molecule has 3 nitrogen and oxygen atoms in total. The predicted molar refractivity (Wildman–Crippen MR) is 59.7 cm³/mol. The average Bonchev–Trinajstić information content (AvgIpc) is 2.25. The highest BCUT2D eigenvalue weighted by Crippen LogP contribution is 2.20. The van der Waals surface area contributed by atoms with E-state index in [1.807, 2.05) is 24.3 Å². The third-order valence-electron chi connectivity index (χ3n) is 2.14. The van der Waals surface area contributed by atoms with Crippen LogP contribution in [0, 0.1) is 0 Å². The van der Waals surface area contributed by atoms with Crippen molar-refractivity contribution in [2.75, 3.05) is 0 Å². The van der Waals surface area contributed by atoms with Gasteiger partial charge in [0.2, 0.25) is 6.41 Å². The number of hydrogen-bond acceptors (Lipinski definition) is 2. The molecule has 4 heteroatoms. The van der Waals surface area contributed by atoms with E-state index in [1.165, 1.54) is 0 Å². The van der Waals surface area contributed by atoms with E-state index < -0.39 is 0 Å². The SMILES string of the molecule is O=CNCc1nc(Cl)cc2ccccc12. The molecule has 1 heterocycles. The molecule has 0 unspecified atom stereocenters. The highest BCUT2D eigenvalue weighted by atomic mass is 35.5. The molecule has 0 spiro atoms. The van der Waals surface area contributed by atoms with Gasteiger partial charge in [0.1, 0.15) is 5.15 Å². The minimum absolute atomic E-state index is 0.393. The largest absolute Gasteiger partial charge is 0.353 e. The fourth-order valence-corrected chi connectivity index (χ4v) is 1.73. The van der Waals surface area contributed by atoms with Crippen LogP contribution in [-0.4, -0.2) is 11.4 Å².